The van der Waals surface area contributed by atoms with Crippen molar-refractivity contribution in [3.05, 3.63) is 45.4 Å². The molecule has 4 rings (SSSR count). The lowest BCUT2D eigenvalue weighted by atomic mass is 10.1. The maximum atomic E-state index is 12.7. The fourth-order valence-electron chi connectivity index (χ4n) is 3.45. The van der Waals surface area contributed by atoms with E-state index < -0.39 is 0 Å². The number of rotatable bonds is 5. The van der Waals surface area contributed by atoms with Gasteiger partial charge in [0.15, 0.2) is 5.13 Å². The summed E-state index contributed by atoms with van der Waals surface area (Å²) in [5, 5.41) is 4.24. The summed E-state index contributed by atoms with van der Waals surface area (Å²) in [5.41, 5.74) is 2.17. The van der Waals surface area contributed by atoms with E-state index in [1.54, 1.807) is 11.1 Å². The highest BCUT2D eigenvalue weighted by Gasteiger charge is 2.40. The smallest absolute Gasteiger partial charge is 0.248 e. The van der Waals surface area contributed by atoms with Crippen LogP contribution in [-0.2, 0) is 16.0 Å². The molecule has 0 spiro atoms. The third-order valence-corrected chi connectivity index (χ3v) is 6.48. The summed E-state index contributed by atoms with van der Waals surface area (Å²) in [6.07, 6.45) is 6.04. The van der Waals surface area contributed by atoms with Gasteiger partial charge in [0.25, 0.3) is 0 Å². The van der Waals surface area contributed by atoms with Gasteiger partial charge in [0.05, 0.1) is 0 Å². The number of anilines is 1. The lowest BCUT2D eigenvalue weighted by Gasteiger charge is -2.23. The Hall–Kier alpha value is -1.92. The maximum Gasteiger partial charge on any atom is 0.248 e. The Morgan fingerprint density at radius 3 is 2.89 bits per heavy atom. The van der Waals surface area contributed by atoms with Crippen LogP contribution in [0.1, 0.15) is 41.7 Å². The molecule has 1 unspecified atom stereocenters. The number of halogens is 1. The van der Waals surface area contributed by atoms with Crippen molar-refractivity contribution in [2.45, 2.75) is 45.1 Å². The molecule has 1 aliphatic heterocycles. The van der Waals surface area contributed by atoms with Gasteiger partial charge in [-0.1, -0.05) is 23.7 Å². The first-order chi connectivity index (χ1) is 13.0. The van der Waals surface area contributed by atoms with Gasteiger partial charge in [-0.25, -0.2) is 4.98 Å². The van der Waals surface area contributed by atoms with Crippen LogP contribution in [0.25, 0.3) is 0 Å². The molecule has 1 saturated heterocycles. The van der Waals surface area contributed by atoms with Crippen LogP contribution in [0.3, 0.4) is 0 Å². The Bertz CT molecular complexity index is 878. The molecule has 27 heavy (non-hydrogen) atoms. The van der Waals surface area contributed by atoms with Gasteiger partial charge in [-0.2, -0.15) is 0 Å². The van der Waals surface area contributed by atoms with E-state index in [1.807, 2.05) is 19.1 Å². The highest BCUT2D eigenvalue weighted by molar-refractivity contribution is 7.15. The number of aryl methyl sites for hydroxylation is 1. The zero-order valence-electron chi connectivity index (χ0n) is 15.2. The molecule has 1 aromatic carbocycles. The van der Waals surface area contributed by atoms with E-state index in [9.17, 15) is 9.59 Å². The fraction of sp³-hybridized carbons (Fsp3) is 0.450. The Kier molecular flexibility index (Phi) is 5.19. The first kappa shape index (κ1) is 18.4. The molecule has 1 aromatic heterocycles. The molecule has 0 bridgehead atoms. The topological polar surface area (TPSA) is 62.3 Å². The van der Waals surface area contributed by atoms with Crippen LogP contribution in [0.2, 0.25) is 5.02 Å². The quantitative estimate of drug-likeness (QED) is 0.819. The van der Waals surface area contributed by atoms with Crippen molar-refractivity contribution in [2.24, 2.45) is 5.92 Å². The first-order valence-corrected chi connectivity index (χ1v) is 10.5. The maximum absolute atomic E-state index is 12.7. The molecule has 2 aromatic rings. The first-order valence-electron chi connectivity index (χ1n) is 9.32. The van der Waals surface area contributed by atoms with Crippen LogP contribution in [0.5, 0.6) is 0 Å². The lowest BCUT2D eigenvalue weighted by molar-refractivity contribution is -0.137. The van der Waals surface area contributed by atoms with E-state index in [2.05, 4.69) is 16.4 Å². The lowest BCUT2D eigenvalue weighted by Crippen LogP contribution is -2.43. The zero-order chi connectivity index (χ0) is 19.0. The molecule has 1 saturated carbocycles. The van der Waals surface area contributed by atoms with Crippen molar-refractivity contribution in [2.75, 3.05) is 11.9 Å². The monoisotopic (exact) mass is 403 g/mol. The van der Waals surface area contributed by atoms with E-state index in [0.717, 1.165) is 53.1 Å². The minimum absolute atomic E-state index is 0.124. The van der Waals surface area contributed by atoms with Gasteiger partial charge in [-0.15, -0.1) is 11.3 Å². The summed E-state index contributed by atoms with van der Waals surface area (Å²) in [6.45, 7) is 2.66. The minimum Gasteiger partial charge on any atom is -0.330 e. The molecule has 2 aliphatic rings. The number of carbonyl (C=O) groups excluding carboxylic acids is 2. The van der Waals surface area contributed by atoms with Crippen molar-refractivity contribution in [1.29, 1.82) is 0 Å². The summed E-state index contributed by atoms with van der Waals surface area (Å²) in [5.74, 6) is 0.163. The van der Waals surface area contributed by atoms with Crippen LogP contribution in [-0.4, -0.2) is 34.3 Å². The molecule has 2 fully saturated rings. The third kappa shape index (κ3) is 4.17. The Morgan fingerprint density at radius 1 is 1.33 bits per heavy atom. The van der Waals surface area contributed by atoms with E-state index in [4.69, 9.17) is 11.6 Å². The third-order valence-electron chi connectivity index (χ3n) is 5.16. The molecule has 1 atom stereocenters. The van der Waals surface area contributed by atoms with E-state index >= 15 is 0 Å². The Labute approximate surface area is 167 Å². The largest absolute Gasteiger partial charge is 0.330 e. The number of aromatic nitrogens is 1. The van der Waals surface area contributed by atoms with Gasteiger partial charge in [-0.3, -0.25) is 9.59 Å². The molecular weight excluding hydrogens is 382 g/mol. The second-order valence-electron chi connectivity index (χ2n) is 7.35. The SMILES string of the molecule is Cc1ccc(Cc2cnc(NC(=O)C3CCCN3C(=O)C3CC3)s2)cc1Cl. The van der Waals surface area contributed by atoms with Gasteiger partial charge in [-0.05, 0) is 49.8 Å². The molecule has 1 N–H and O–H groups in total. The number of amides is 2. The van der Waals surface area contributed by atoms with Gasteiger partial charge < -0.3 is 10.2 Å². The number of hydrogen-bond donors (Lipinski definition) is 1. The van der Waals surface area contributed by atoms with Crippen LogP contribution < -0.4 is 5.32 Å². The molecule has 142 valence electrons. The average Bonchev–Trinajstić information content (AvgIpc) is 3.21. The van der Waals surface area contributed by atoms with Crippen LogP contribution in [0.4, 0.5) is 5.13 Å². The normalized spacial score (nSPS) is 19.3. The van der Waals surface area contributed by atoms with Gasteiger partial charge in [0.1, 0.15) is 6.04 Å². The molecule has 2 heterocycles. The standard InChI is InChI=1S/C20H22ClN3O2S/c1-12-4-5-13(10-16(12)21)9-15-11-22-20(27-15)23-18(25)17-3-2-8-24(17)19(26)14-6-7-14/h4-5,10-11,14,17H,2-3,6-9H2,1H3,(H,22,23,25). The number of hydrogen-bond acceptors (Lipinski definition) is 4. The van der Waals surface area contributed by atoms with Gasteiger partial charge >= 0.3 is 0 Å². The molecular formula is C20H22ClN3O2S. The van der Waals surface area contributed by atoms with Crippen molar-refractivity contribution in [3.8, 4) is 0 Å². The number of likely N-dealkylation sites (tertiary alicyclic amines) is 1. The van der Waals surface area contributed by atoms with Crippen LogP contribution in [0.15, 0.2) is 24.4 Å². The second kappa shape index (κ2) is 7.60. The van der Waals surface area contributed by atoms with Crippen LogP contribution in [0, 0.1) is 12.8 Å². The summed E-state index contributed by atoms with van der Waals surface area (Å²) in [7, 11) is 0. The van der Waals surface area contributed by atoms with Crippen molar-refractivity contribution >= 4 is 39.9 Å². The van der Waals surface area contributed by atoms with E-state index in [1.165, 1.54) is 11.3 Å². The second-order valence-corrected chi connectivity index (χ2v) is 8.87. The molecule has 0 radical (unpaired) electrons. The molecule has 7 heteroatoms. The molecule has 1 aliphatic carbocycles. The van der Waals surface area contributed by atoms with Crippen molar-refractivity contribution < 1.29 is 9.59 Å². The molecule has 5 nitrogen and oxygen atoms in total. The van der Waals surface area contributed by atoms with E-state index in [-0.39, 0.29) is 23.8 Å². The van der Waals surface area contributed by atoms with Crippen molar-refractivity contribution in [3.63, 3.8) is 0 Å². The van der Waals surface area contributed by atoms with Crippen molar-refractivity contribution in [1.82, 2.24) is 9.88 Å². The fourth-order valence-corrected chi connectivity index (χ4v) is 4.50. The van der Waals surface area contributed by atoms with E-state index in [0.29, 0.717) is 11.7 Å². The predicted molar refractivity (Wildman–Crippen MR) is 107 cm³/mol. The Morgan fingerprint density at radius 2 is 2.15 bits per heavy atom. The highest BCUT2D eigenvalue weighted by atomic mass is 35.5. The number of thiazole rings is 1. The number of carbonyl (C=O) groups is 2. The number of nitrogens with zero attached hydrogens (tertiary/aromatic N) is 2. The number of benzene rings is 1. The summed E-state index contributed by atoms with van der Waals surface area (Å²) in [6, 6.07) is 5.67. The number of nitrogens with one attached hydrogen (secondary N) is 1. The van der Waals surface area contributed by atoms with Gasteiger partial charge in [0.2, 0.25) is 11.8 Å². The molecule has 2 amide bonds. The predicted octanol–water partition coefficient (Wildman–Crippen LogP) is 4.04. The highest BCUT2D eigenvalue weighted by Crippen LogP contribution is 2.34. The minimum atomic E-state index is -0.360. The van der Waals surface area contributed by atoms with Crippen LogP contribution >= 0.6 is 22.9 Å². The average molecular weight is 404 g/mol. The zero-order valence-corrected chi connectivity index (χ0v) is 16.8. The summed E-state index contributed by atoms with van der Waals surface area (Å²) < 4.78 is 0. The Balaban J connectivity index is 1.39. The summed E-state index contributed by atoms with van der Waals surface area (Å²) in [4.78, 5) is 32.2. The van der Waals surface area contributed by atoms with Gasteiger partial charge in [0, 0.05) is 35.0 Å². The summed E-state index contributed by atoms with van der Waals surface area (Å²) >= 11 is 7.65.